The number of amides is 1. The van der Waals surface area contributed by atoms with Gasteiger partial charge in [0.1, 0.15) is 5.75 Å². The Balaban J connectivity index is 2.03. The summed E-state index contributed by atoms with van der Waals surface area (Å²) in [7, 11) is 0. The molecule has 0 fully saturated rings. The molecule has 0 aliphatic rings. The van der Waals surface area contributed by atoms with Gasteiger partial charge in [0, 0.05) is 12.6 Å². The molecular formula is C11H17N3O3. The van der Waals surface area contributed by atoms with Gasteiger partial charge in [-0.1, -0.05) is 0 Å². The first kappa shape index (κ1) is 13.1. The SMILES string of the molecule is Nc1cncc(OCCCCCNC(=O)O)c1. The zero-order valence-corrected chi connectivity index (χ0v) is 9.56. The molecule has 0 bridgehead atoms. The Labute approximate surface area is 99.8 Å². The van der Waals surface area contributed by atoms with Crippen molar-refractivity contribution in [1.29, 1.82) is 0 Å². The molecule has 1 rings (SSSR count). The van der Waals surface area contributed by atoms with E-state index in [1.54, 1.807) is 18.5 Å². The van der Waals surface area contributed by atoms with Crippen LogP contribution in [0.15, 0.2) is 18.5 Å². The molecule has 94 valence electrons. The number of ether oxygens (including phenoxy) is 1. The summed E-state index contributed by atoms with van der Waals surface area (Å²) in [6.07, 6.45) is 4.79. The van der Waals surface area contributed by atoms with Gasteiger partial charge in [0.2, 0.25) is 0 Å². The lowest BCUT2D eigenvalue weighted by molar-refractivity contribution is 0.194. The van der Waals surface area contributed by atoms with Crippen LogP contribution in [0.25, 0.3) is 0 Å². The van der Waals surface area contributed by atoms with Crippen molar-refractivity contribution in [2.24, 2.45) is 0 Å². The largest absolute Gasteiger partial charge is 0.492 e. The number of hydrogen-bond acceptors (Lipinski definition) is 4. The molecule has 1 aromatic heterocycles. The van der Waals surface area contributed by atoms with Gasteiger partial charge in [0.05, 0.1) is 24.7 Å². The van der Waals surface area contributed by atoms with Crippen molar-refractivity contribution in [1.82, 2.24) is 10.3 Å². The number of rotatable bonds is 7. The molecule has 6 nitrogen and oxygen atoms in total. The average Bonchev–Trinajstić information content (AvgIpc) is 2.27. The van der Waals surface area contributed by atoms with Crippen LogP contribution in [0.5, 0.6) is 5.75 Å². The van der Waals surface area contributed by atoms with Gasteiger partial charge in [-0.3, -0.25) is 4.98 Å². The van der Waals surface area contributed by atoms with E-state index in [9.17, 15) is 4.79 Å². The van der Waals surface area contributed by atoms with Gasteiger partial charge in [0.25, 0.3) is 0 Å². The third-order valence-corrected chi connectivity index (χ3v) is 2.10. The first-order valence-electron chi connectivity index (χ1n) is 5.48. The molecule has 0 aliphatic heterocycles. The number of nitrogens with two attached hydrogens (primary N) is 1. The minimum atomic E-state index is -0.980. The lowest BCUT2D eigenvalue weighted by Gasteiger charge is -2.06. The molecule has 0 atom stereocenters. The van der Waals surface area contributed by atoms with Crippen LogP contribution in [0.4, 0.5) is 10.5 Å². The zero-order chi connectivity index (χ0) is 12.5. The van der Waals surface area contributed by atoms with E-state index < -0.39 is 6.09 Å². The molecule has 1 amide bonds. The molecule has 1 aromatic rings. The number of aromatic nitrogens is 1. The van der Waals surface area contributed by atoms with Crippen molar-refractivity contribution in [3.05, 3.63) is 18.5 Å². The summed E-state index contributed by atoms with van der Waals surface area (Å²) in [6.45, 7) is 1.06. The van der Waals surface area contributed by atoms with Crippen LogP contribution in [-0.4, -0.2) is 29.3 Å². The van der Waals surface area contributed by atoms with E-state index in [0.717, 1.165) is 19.3 Å². The Morgan fingerprint density at radius 2 is 2.24 bits per heavy atom. The van der Waals surface area contributed by atoms with E-state index >= 15 is 0 Å². The highest BCUT2D eigenvalue weighted by Crippen LogP contribution is 2.12. The van der Waals surface area contributed by atoms with Gasteiger partial charge in [-0.25, -0.2) is 4.79 Å². The molecule has 0 unspecified atom stereocenters. The molecule has 0 radical (unpaired) electrons. The van der Waals surface area contributed by atoms with Gasteiger partial charge in [-0.05, 0) is 19.3 Å². The van der Waals surface area contributed by atoms with Crippen LogP contribution >= 0.6 is 0 Å². The highest BCUT2D eigenvalue weighted by Gasteiger charge is 1.96. The van der Waals surface area contributed by atoms with E-state index in [1.807, 2.05) is 0 Å². The smallest absolute Gasteiger partial charge is 0.404 e. The number of carboxylic acid groups (broad SMARTS) is 1. The molecule has 0 aromatic carbocycles. The summed E-state index contributed by atoms with van der Waals surface area (Å²) in [5.41, 5.74) is 6.13. The Morgan fingerprint density at radius 3 is 2.94 bits per heavy atom. The fraction of sp³-hybridized carbons (Fsp3) is 0.455. The standard InChI is InChI=1S/C11H17N3O3/c12-9-6-10(8-13-7-9)17-5-3-1-2-4-14-11(15)16/h6-8,14H,1-5,12H2,(H,15,16). The van der Waals surface area contributed by atoms with E-state index in [2.05, 4.69) is 10.3 Å². The highest BCUT2D eigenvalue weighted by atomic mass is 16.5. The summed E-state index contributed by atoms with van der Waals surface area (Å²) in [5.74, 6) is 0.661. The first-order chi connectivity index (χ1) is 8.18. The number of anilines is 1. The lowest BCUT2D eigenvalue weighted by Crippen LogP contribution is -2.21. The van der Waals surface area contributed by atoms with Crippen LogP contribution in [-0.2, 0) is 0 Å². The van der Waals surface area contributed by atoms with Crippen LogP contribution in [0.1, 0.15) is 19.3 Å². The summed E-state index contributed by atoms with van der Waals surface area (Å²) in [4.78, 5) is 14.1. The number of hydrogen-bond donors (Lipinski definition) is 3. The van der Waals surface area contributed by atoms with Crippen molar-refractivity contribution >= 4 is 11.8 Å². The van der Waals surface area contributed by atoms with Crippen molar-refractivity contribution < 1.29 is 14.6 Å². The van der Waals surface area contributed by atoms with Gasteiger partial charge < -0.3 is 20.9 Å². The van der Waals surface area contributed by atoms with Gasteiger partial charge >= 0.3 is 6.09 Å². The van der Waals surface area contributed by atoms with Crippen molar-refractivity contribution in [3.8, 4) is 5.75 Å². The summed E-state index contributed by atoms with van der Waals surface area (Å²) in [5, 5.41) is 10.6. The second-order valence-electron chi connectivity index (χ2n) is 3.60. The number of carbonyl (C=O) groups is 1. The molecule has 0 saturated carbocycles. The van der Waals surface area contributed by atoms with Crippen LogP contribution < -0.4 is 15.8 Å². The Kier molecular flexibility index (Phi) is 5.63. The van der Waals surface area contributed by atoms with E-state index in [-0.39, 0.29) is 0 Å². The third-order valence-electron chi connectivity index (χ3n) is 2.10. The molecule has 17 heavy (non-hydrogen) atoms. The molecule has 0 aliphatic carbocycles. The number of nitrogens with one attached hydrogen (secondary N) is 1. The zero-order valence-electron chi connectivity index (χ0n) is 9.56. The highest BCUT2D eigenvalue weighted by molar-refractivity contribution is 5.64. The van der Waals surface area contributed by atoms with E-state index in [1.165, 1.54) is 0 Å². The minimum absolute atomic E-state index is 0.481. The second kappa shape index (κ2) is 7.32. The number of nitrogen functional groups attached to an aromatic ring is 1. The summed E-state index contributed by atoms with van der Waals surface area (Å²) >= 11 is 0. The molecular weight excluding hydrogens is 222 g/mol. The fourth-order valence-electron chi connectivity index (χ4n) is 1.30. The second-order valence-corrected chi connectivity index (χ2v) is 3.60. The first-order valence-corrected chi connectivity index (χ1v) is 5.48. The minimum Gasteiger partial charge on any atom is -0.492 e. The molecule has 1 heterocycles. The normalized spacial score (nSPS) is 9.88. The van der Waals surface area contributed by atoms with Gasteiger partial charge in [0.15, 0.2) is 0 Å². The molecule has 0 spiro atoms. The Hall–Kier alpha value is -1.98. The van der Waals surface area contributed by atoms with Crippen molar-refractivity contribution in [3.63, 3.8) is 0 Å². The maximum Gasteiger partial charge on any atom is 0.404 e. The average molecular weight is 239 g/mol. The lowest BCUT2D eigenvalue weighted by atomic mass is 10.2. The molecule has 6 heteroatoms. The maximum atomic E-state index is 10.2. The van der Waals surface area contributed by atoms with E-state index in [4.69, 9.17) is 15.6 Å². The summed E-state index contributed by atoms with van der Waals surface area (Å²) in [6, 6.07) is 1.72. The Bertz CT molecular complexity index is 358. The van der Waals surface area contributed by atoms with Crippen LogP contribution in [0.2, 0.25) is 0 Å². The summed E-state index contributed by atoms with van der Waals surface area (Å²) < 4.78 is 5.44. The Morgan fingerprint density at radius 1 is 1.41 bits per heavy atom. The predicted octanol–water partition coefficient (Wildman–Crippen LogP) is 1.48. The number of unbranched alkanes of at least 4 members (excludes halogenated alkanes) is 2. The van der Waals surface area contributed by atoms with E-state index in [0.29, 0.717) is 24.6 Å². The monoisotopic (exact) mass is 239 g/mol. The maximum absolute atomic E-state index is 10.2. The number of nitrogens with zero attached hydrogens (tertiary/aromatic N) is 1. The van der Waals surface area contributed by atoms with Gasteiger partial charge in [-0.2, -0.15) is 0 Å². The predicted molar refractivity (Wildman–Crippen MR) is 64.0 cm³/mol. The van der Waals surface area contributed by atoms with Gasteiger partial charge in [-0.15, -0.1) is 0 Å². The van der Waals surface area contributed by atoms with Crippen LogP contribution in [0.3, 0.4) is 0 Å². The number of pyridine rings is 1. The fourth-order valence-corrected chi connectivity index (χ4v) is 1.30. The van der Waals surface area contributed by atoms with Crippen molar-refractivity contribution in [2.45, 2.75) is 19.3 Å². The molecule has 0 saturated heterocycles. The van der Waals surface area contributed by atoms with Crippen LogP contribution in [0, 0.1) is 0 Å². The quantitative estimate of drug-likeness (QED) is 0.626. The third kappa shape index (κ3) is 6.24. The van der Waals surface area contributed by atoms with Crippen molar-refractivity contribution in [2.75, 3.05) is 18.9 Å². The molecule has 4 N–H and O–H groups in total. The topological polar surface area (TPSA) is 97.5 Å².